The van der Waals surface area contributed by atoms with Crippen LogP contribution >= 0.6 is 0 Å². The van der Waals surface area contributed by atoms with Gasteiger partial charge in [0.25, 0.3) is 0 Å². The molecule has 1 N–H and O–H groups in total. The van der Waals surface area contributed by atoms with Crippen LogP contribution in [0.15, 0.2) is 60.8 Å². The molecule has 138 valence electrons. The van der Waals surface area contributed by atoms with Gasteiger partial charge in [-0.05, 0) is 41.5 Å². The second kappa shape index (κ2) is 7.39. The lowest BCUT2D eigenvalue weighted by molar-refractivity contribution is -0.130. The normalized spacial score (nSPS) is 19.3. The van der Waals surface area contributed by atoms with Crippen molar-refractivity contribution in [2.75, 3.05) is 0 Å². The maximum atomic E-state index is 12.9. The summed E-state index contributed by atoms with van der Waals surface area (Å²) in [5, 5.41) is 3.23. The predicted molar refractivity (Wildman–Crippen MR) is 105 cm³/mol. The minimum Gasteiger partial charge on any atom is -0.349 e. The Morgan fingerprint density at radius 1 is 1.07 bits per heavy atom. The number of rotatable bonds is 5. The van der Waals surface area contributed by atoms with Crippen molar-refractivity contribution >= 4 is 17.9 Å². The zero-order valence-corrected chi connectivity index (χ0v) is 15.5. The molecule has 0 saturated heterocycles. The van der Waals surface area contributed by atoms with Gasteiger partial charge in [0.05, 0.1) is 18.5 Å². The van der Waals surface area contributed by atoms with Gasteiger partial charge in [-0.25, -0.2) is 0 Å². The number of fused-ring (bicyclic) bond motifs is 1. The number of nitrogens with one attached hydrogen (secondary N) is 1. The first-order chi connectivity index (χ1) is 13.1. The summed E-state index contributed by atoms with van der Waals surface area (Å²) in [5.74, 6) is 0.441. The smallest absolute Gasteiger partial charge is 0.223 e. The maximum Gasteiger partial charge on any atom is 0.223 e. The summed E-state index contributed by atoms with van der Waals surface area (Å²) in [6, 6.07) is 17.9. The maximum absolute atomic E-state index is 12.9. The van der Waals surface area contributed by atoms with E-state index < -0.39 is 0 Å². The fourth-order valence-electron chi connectivity index (χ4n) is 3.88. The summed E-state index contributed by atoms with van der Waals surface area (Å²) < 4.78 is 0. The molecule has 2 aliphatic rings. The first-order valence-corrected chi connectivity index (χ1v) is 9.54. The molecule has 4 nitrogen and oxygen atoms in total. The second-order valence-electron chi connectivity index (χ2n) is 7.38. The van der Waals surface area contributed by atoms with Gasteiger partial charge in [0, 0.05) is 13.1 Å². The molecule has 2 amide bonds. The summed E-state index contributed by atoms with van der Waals surface area (Å²) in [4.78, 5) is 26.7. The molecular formula is C23H24N2O2. The van der Waals surface area contributed by atoms with Crippen LogP contribution in [0.5, 0.6) is 0 Å². The van der Waals surface area contributed by atoms with Gasteiger partial charge in [0.2, 0.25) is 11.8 Å². The van der Waals surface area contributed by atoms with E-state index in [0.717, 1.165) is 29.5 Å². The van der Waals surface area contributed by atoms with Crippen molar-refractivity contribution in [3.05, 3.63) is 77.5 Å². The molecule has 0 unspecified atom stereocenters. The molecule has 2 aromatic carbocycles. The Labute approximate surface area is 159 Å². The van der Waals surface area contributed by atoms with Crippen molar-refractivity contribution in [3.63, 3.8) is 0 Å². The third-order valence-electron chi connectivity index (χ3n) is 5.42. The van der Waals surface area contributed by atoms with E-state index in [9.17, 15) is 9.59 Å². The fraction of sp³-hybridized carbons (Fsp3) is 0.304. The molecule has 0 bridgehead atoms. The summed E-state index contributed by atoms with van der Waals surface area (Å²) in [7, 11) is 0. The number of hydrogen-bond acceptors (Lipinski definition) is 2. The van der Waals surface area contributed by atoms with Crippen molar-refractivity contribution in [3.8, 4) is 0 Å². The van der Waals surface area contributed by atoms with Crippen molar-refractivity contribution in [1.29, 1.82) is 0 Å². The molecule has 4 heteroatoms. The summed E-state index contributed by atoms with van der Waals surface area (Å²) in [6.45, 7) is 1.54. The molecular weight excluding hydrogens is 336 g/mol. The Balaban J connectivity index is 1.54. The van der Waals surface area contributed by atoms with Gasteiger partial charge >= 0.3 is 0 Å². The van der Waals surface area contributed by atoms with E-state index in [0.29, 0.717) is 5.92 Å². The van der Waals surface area contributed by atoms with Crippen LogP contribution in [-0.2, 0) is 9.59 Å². The van der Waals surface area contributed by atoms with Crippen LogP contribution in [0.25, 0.3) is 6.08 Å². The molecule has 1 saturated carbocycles. The van der Waals surface area contributed by atoms with Gasteiger partial charge < -0.3 is 10.2 Å². The van der Waals surface area contributed by atoms with E-state index >= 15 is 0 Å². The zero-order chi connectivity index (χ0) is 18.8. The summed E-state index contributed by atoms with van der Waals surface area (Å²) in [5.41, 5.74) is 3.24. The van der Waals surface area contributed by atoms with Crippen molar-refractivity contribution < 1.29 is 9.59 Å². The first-order valence-electron chi connectivity index (χ1n) is 9.54. The lowest BCUT2D eigenvalue weighted by Gasteiger charge is -2.32. The Morgan fingerprint density at radius 3 is 2.48 bits per heavy atom. The fourth-order valence-corrected chi connectivity index (χ4v) is 3.88. The van der Waals surface area contributed by atoms with E-state index in [1.54, 1.807) is 18.0 Å². The molecule has 1 heterocycles. The van der Waals surface area contributed by atoms with Gasteiger partial charge in [-0.2, -0.15) is 0 Å². The zero-order valence-electron chi connectivity index (χ0n) is 15.5. The third-order valence-corrected chi connectivity index (χ3v) is 5.42. The Hall–Kier alpha value is -2.88. The van der Waals surface area contributed by atoms with Crippen LogP contribution in [0.4, 0.5) is 0 Å². The Morgan fingerprint density at radius 2 is 1.78 bits per heavy atom. The number of carbonyl (C=O) groups is 2. The van der Waals surface area contributed by atoms with E-state index in [1.165, 1.54) is 0 Å². The Kier molecular flexibility index (Phi) is 4.80. The largest absolute Gasteiger partial charge is 0.349 e. The van der Waals surface area contributed by atoms with E-state index in [-0.39, 0.29) is 30.3 Å². The van der Waals surface area contributed by atoms with Crippen LogP contribution in [-0.4, -0.2) is 16.7 Å². The average Bonchev–Trinajstić information content (AvgIpc) is 3.52. The van der Waals surface area contributed by atoms with Gasteiger partial charge in [0.15, 0.2) is 0 Å². The highest BCUT2D eigenvalue weighted by Crippen LogP contribution is 2.41. The molecule has 1 fully saturated rings. The topological polar surface area (TPSA) is 49.4 Å². The van der Waals surface area contributed by atoms with Gasteiger partial charge in [-0.15, -0.1) is 0 Å². The monoisotopic (exact) mass is 360 g/mol. The molecule has 0 aromatic heterocycles. The highest BCUT2D eigenvalue weighted by Gasteiger charge is 2.35. The highest BCUT2D eigenvalue weighted by atomic mass is 16.2. The van der Waals surface area contributed by atoms with Gasteiger partial charge in [-0.3, -0.25) is 9.59 Å². The van der Waals surface area contributed by atoms with E-state index in [2.05, 4.69) is 17.4 Å². The average molecular weight is 360 g/mol. The molecule has 2 atom stereocenters. The lowest BCUT2D eigenvalue weighted by Crippen LogP contribution is -2.36. The SMILES string of the molecule is CC(=O)N1C=Cc2ccccc2[C@H]1CC(=O)N[C@@H](c1ccccc1)C1CC1. The first kappa shape index (κ1) is 17.5. The quantitative estimate of drug-likeness (QED) is 0.868. The van der Waals surface area contributed by atoms with E-state index in [1.807, 2.05) is 48.5 Å². The molecule has 1 aliphatic carbocycles. The lowest BCUT2D eigenvalue weighted by atomic mass is 9.93. The molecule has 1 aliphatic heterocycles. The molecule has 27 heavy (non-hydrogen) atoms. The molecule has 4 rings (SSSR count). The van der Waals surface area contributed by atoms with Gasteiger partial charge in [0.1, 0.15) is 0 Å². The minimum atomic E-state index is -0.265. The van der Waals surface area contributed by atoms with Crippen LogP contribution in [0, 0.1) is 5.92 Å². The minimum absolute atomic E-state index is 0.0166. The standard InChI is InChI=1S/C23H24N2O2/c1-16(26)25-14-13-17-7-5-6-10-20(17)21(25)15-22(27)24-23(19-11-12-19)18-8-3-2-4-9-18/h2-10,13-14,19,21,23H,11-12,15H2,1H3,(H,24,27)/t21-,23+/m1/s1. The molecule has 0 radical (unpaired) electrons. The third kappa shape index (κ3) is 3.80. The van der Waals surface area contributed by atoms with Crippen LogP contribution in [0.3, 0.4) is 0 Å². The molecule has 2 aromatic rings. The number of benzene rings is 2. The van der Waals surface area contributed by atoms with Gasteiger partial charge in [-0.1, -0.05) is 54.6 Å². The second-order valence-corrected chi connectivity index (χ2v) is 7.38. The van der Waals surface area contributed by atoms with Crippen molar-refractivity contribution in [2.24, 2.45) is 5.92 Å². The van der Waals surface area contributed by atoms with Crippen LogP contribution in [0.2, 0.25) is 0 Å². The highest BCUT2D eigenvalue weighted by molar-refractivity contribution is 5.82. The predicted octanol–water partition coefficient (Wildman–Crippen LogP) is 4.22. The van der Waals surface area contributed by atoms with Crippen LogP contribution < -0.4 is 5.32 Å². The van der Waals surface area contributed by atoms with Crippen molar-refractivity contribution in [1.82, 2.24) is 10.2 Å². The number of amides is 2. The number of nitrogens with zero attached hydrogens (tertiary/aromatic N) is 1. The Bertz CT molecular complexity index is 871. The summed E-state index contributed by atoms with van der Waals surface area (Å²) >= 11 is 0. The molecule has 0 spiro atoms. The van der Waals surface area contributed by atoms with Crippen LogP contribution in [0.1, 0.15) is 55.0 Å². The van der Waals surface area contributed by atoms with E-state index in [4.69, 9.17) is 0 Å². The number of hydrogen-bond donors (Lipinski definition) is 1. The van der Waals surface area contributed by atoms with Crippen molar-refractivity contribution in [2.45, 2.75) is 38.3 Å². The number of carbonyl (C=O) groups excluding carboxylic acids is 2. The summed E-state index contributed by atoms with van der Waals surface area (Å²) in [6.07, 6.45) is 6.28.